The van der Waals surface area contributed by atoms with Crippen LogP contribution in [0.15, 0.2) is 24.3 Å². The number of hydrazine groups is 1. The van der Waals surface area contributed by atoms with Gasteiger partial charge in [-0.2, -0.15) is 5.01 Å². The molecule has 1 amide bonds. The Hall–Kier alpha value is -0.890. The van der Waals surface area contributed by atoms with Crippen molar-refractivity contribution < 1.29 is 14.3 Å². The number of ether oxygens (including phenoxy) is 2. The van der Waals surface area contributed by atoms with Crippen LogP contribution in [-0.2, 0) is 9.47 Å². The molecule has 1 atom stereocenters. The van der Waals surface area contributed by atoms with E-state index in [1.54, 1.807) is 4.03 Å². The highest BCUT2D eigenvalue weighted by molar-refractivity contribution is 9.07. The van der Waals surface area contributed by atoms with Crippen LogP contribution in [0.3, 0.4) is 0 Å². The molecule has 0 radical (unpaired) electrons. The molecule has 0 aromatic rings. The summed E-state index contributed by atoms with van der Waals surface area (Å²) < 4.78 is 12.9. The molecule has 2 fully saturated rings. The minimum atomic E-state index is -0.793. The molecule has 2 saturated heterocycles. The fourth-order valence-corrected chi connectivity index (χ4v) is 3.64. The van der Waals surface area contributed by atoms with E-state index < -0.39 is 11.8 Å². The van der Waals surface area contributed by atoms with Crippen molar-refractivity contribution in [2.45, 2.75) is 31.4 Å². The van der Waals surface area contributed by atoms with E-state index in [1.165, 1.54) is 17.9 Å². The summed E-state index contributed by atoms with van der Waals surface area (Å²) in [4.78, 5) is 12.0. The van der Waals surface area contributed by atoms with E-state index in [4.69, 9.17) is 9.47 Å². The summed E-state index contributed by atoms with van der Waals surface area (Å²) in [6.45, 7) is 3.00. The molecule has 0 spiro atoms. The predicted octanol–water partition coefficient (Wildman–Crippen LogP) is 2.54. The number of carbonyl (C=O) groups is 1. The van der Waals surface area contributed by atoms with Gasteiger partial charge >= 0.3 is 6.09 Å². The van der Waals surface area contributed by atoms with E-state index in [0.29, 0.717) is 18.9 Å². The van der Waals surface area contributed by atoms with Crippen LogP contribution in [0.2, 0.25) is 0 Å². The number of hydrogen-bond donors (Lipinski definition) is 1. The number of nitrogens with one attached hydrogen (secondary N) is 1. The van der Waals surface area contributed by atoms with Crippen LogP contribution in [0.1, 0.15) is 25.7 Å². The van der Waals surface area contributed by atoms with Crippen molar-refractivity contribution in [3.63, 3.8) is 0 Å². The Morgan fingerprint density at radius 2 is 2.23 bits per heavy atom. The molecule has 3 aliphatic rings. The number of piperidine rings is 1. The third-order valence-corrected chi connectivity index (χ3v) is 4.92. The number of hydrogen-bond acceptors (Lipinski definition) is 5. The second kappa shape index (κ2) is 7.12. The third kappa shape index (κ3) is 3.37. The maximum atomic E-state index is 12.0. The van der Waals surface area contributed by atoms with E-state index in [2.05, 4.69) is 21.5 Å². The summed E-state index contributed by atoms with van der Waals surface area (Å²) in [6.07, 6.45) is 11.5. The predicted molar refractivity (Wildman–Crippen MR) is 85.7 cm³/mol. The molecule has 0 aromatic carbocycles. The van der Waals surface area contributed by atoms with Crippen LogP contribution >= 0.6 is 16.1 Å². The molecule has 22 heavy (non-hydrogen) atoms. The van der Waals surface area contributed by atoms with Gasteiger partial charge in [-0.1, -0.05) is 18.2 Å². The highest BCUT2D eigenvalue weighted by Crippen LogP contribution is 2.34. The van der Waals surface area contributed by atoms with Gasteiger partial charge in [-0.05, 0) is 44.3 Å². The van der Waals surface area contributed by atoms with Crippen LogP contribution < -0.4 is 5.32 Å². The zero-order chi connectivity index (χ0) is 15.4. The Balaban J connectivity index is 1.63. The quantitative estimate of drug-likeness (QED) is 0.752. The van der Waals surface area contributed by atoms with Crippen molar-refractivity contribution in [1.29, 1.82) is 0 Å². The molecule has 7 heteroatoms. The summed E-state index contributed by atoms with van der Waals surface area (Å²) in [7, 11) is 0. The number of rotatable bonds is 5. The first kappa shape index (κ1) is 16.0. The molecule has 1 N–H and O–H groups in total. The second-order valence-electron chi connectivity index (χ2n) is 5.85. The molecular weight excluding hydrogens is 350 g/mol. The molecule has 0 bridgehead atoms. The van der Waals surface area contributed by atoms with Gasteiger partial charge in [-0.15, -0.1) is 4.03 Å². The van der Waals surface area contributed by atoms with Crippen molar-refractivity contribution in [3.8, 4) is 0 Å². The molecule has 0 aromatic heterocycles. The Kier molecular flexibility index (Phi) is 5.18. The van der Waals surface area contributed by atoms with Gasteiger partial charge in [0.2, 0.25) is 0 Å². The lowest BCUT2D eigenvalue weighted by atomic mass is 9.95. The Morgan fingerprint density at radius 1 is 1.41 bits per heavy atom. The number of allylic oxidation sites excluding steroid dienone is 2. The minimum Gasteiger partial charge on any atom is -0.430 e. The van der Waals surface area contributed by atoms with Crippen LogP contribution in [0.25, 0.3) is 0 Å². The topological polar surface area (TPSA) is 54.0 Å². The van der Waals surface area contributed by atoms with Gasteiger partial charge in [0.05, 0.1) is 6.61 Å². The molecule has 2 aliphatic heterocycles. The van der Waals surface area contributed by atoms with Gasteiger partial charge in [-0.25, -0.2) is 4.79 Å². The number of halogens is 1. The molecule has 1 unspecified atom stereocenters. The standard InChI is InChI=1S/C15H22BrN3O3/c16-18-12-21-14(20)19(18)15(7-2-1-3-8-15)22-11-6-13-4-9-17-10-5-13/h1-3,7,13,17H,4-6,8-12H2. The monoisotopic (exact) mass is 371 g/mol. The van der Waals surface area contributed by atoms with E-state index in [0.717, 1.165) is 19.5 Å². The molecule has 1 aliphatic carbocycles. The Labute approximate surface area is 139 Å². The van der Waals surface area contributed by atoms with Crippen molar-refractivity contribution in [1.82, 2.24) is 14.4 Å². The highest BCUT2D eigenvalue weighted by Gasteiger charge is 2.46. The molecule has 0 saturated carbocycles. The molecular formula is C15H22BrN3O3. The van der Waals surface area contributed by atoms with Crippen molar-refractivity contribution >= 4 is 22.2 Å². The van der Waals surface area contributed by atoms with Gasteiger partial charge in [-0.3, -0.25) is 0 Å². The fourth-order valence-electron chi connectivity index (χ4n) is 3.14. The van der Waals surface area contributed by atoms with E-state index in [-0.39, 0.29) is 6.73 Å². The van der Waals surface area contributed by atoms with Gasteiger partial charge in [0.1, 0.15) is 0 Å². The van der Waals surface area contributed by atoms with Crippen molar-refractivity contribution in [3.05, 3.63) is 24.3 Å². The summed E-state index contributed by atoms with van der Waals surface area (Å²) in [5.41, 5.74) is -0.793. The van der Waals surface area contributed by atoms with Gasteiger partial charge < -0.3 is 14.8 Å². The first-order valence-corrected chi connectivity index (χ1v) is 8.51. The lowest BCUT2D eigenvalue weighted by molar-refractivity contribution is -0.139. The van der Waals surface area contributed by atoms with Crippen LogP contribution in [0, 0.1) is 5.92 Å². The van der Waals surface area contributed by atoms with Gasteiger partial charge in [0, 0.05) is 22.6 Å². The van der Waals surface area contributed by atoms with Crippen LogP contribution in [0.5, 0.6) is 0 Å². The van der Waals surface area contributed by atoms with Gasteiger partial charge in [0.25, 0.3) is 0 Å². The van der Waals surface area contributed by atoms with E-state index >= 15 is 0 Å². The summed E-state index contributed by atoms with van der Waals surface area (Å²) in [6, 6.07) is 0. The smallest absolute Gasteiger partial charge is 0.429 e. The molecule has 3 rings (SSSR count). The number of nitrogens with zero attached hydrogens (tertiary/aromatic N) is 2. The zero-order valence-corrected chi connectivity index (χ0v) is 14.1. The minimum absolute atomic E-state index is 0.190. The first-order valence-electron chi connectivity index (χ1n) is 7.80. The summed E-state index contributed by atoms with van der Waals surface area (Å²) in [5, 5.41) is 4.88. The number of cyclic esters (lactones) is 1. The molecule has 6 nitrogen and oxygen atoms in total. The largest absolute Gasteiger partial charge is 0.430 e. The average Bonchev–Trinajstić information content (AvgIpc) is 2.89. The number of amides is 1. The second-order valence-corrected chi connectivity index (χ2v) is 6.67. The van der Waals surface area contributed by atoms with Crippen LogP contribution in [0.4, 0.5) is 4.79 Å². The van der Waals surface area contributed by atoms with Crippen LogP contribution in [-0.4, -0.2) is 47.3 Å². The van der Waals surface area contributed by atoms with Crippen molar-refractivity contribution in [2.75, 3.05) is 26.4 Å². The maximum absolute atomic E-state index is 12.0. The molecule has 2 heterocycles. The highest BCUT2D eigenvalue weighted by atomic mass is 79.9. The normalized spacial score (nSPS) is 30.0. The Morgan fingerprint density at radius 3 is 2.86 bits per heavy atom. The molecule has 122 valence electrons. The third-order valence-electron chi connectivity index (χ3n) is 4.39. The maximum Gasteiger partial charge on any atom is 0.429 e. The lowest BCUT2D eigenvalue weighted by Gasteiger charge is -2.39. The first-order chi connectivity index (χ1) is 10.7. The summed E-state index contributed by atoms with van der Waals surface area (Å²) >= 11 is 3.35. The van der Waals surface area contributed by atoms with E-state index in [1.807, 2.05) is 24.3 Å². The fraction of sp³-hybridized carbons (Fsp3) is 0.667. The Bertz CT molecular complexity index is 465. The lowest BCUT2D eigenvalue weighted by Crippen LogP contribution is -2.54. The SMILES string of the molecule is O=C1OCN(Br)N1C1(OCCC2CCNCC2)C=CC=CC1. The van der Waals surface area contributed by atoms with E-state index in [9.17, 15) is 4.79 Å². The van der Waals surface area contributed by atoms with Crippen molar-refractivity contribution in [2.24, 2.45) is 5.92 Å². The van der Waals surface area contributed by atoms with Gasteiger partial charge in [0.15, 0.2) is 12.5 Å². The zero-order valence-electron chi connectivity index (χ0n) is 12.5. The summed E-state index contributed by atoms with van der Waals surface area (Å²) in [5.74, 6) is 0.701. The average molecular weight is 372 g/mol. The number of carbonyl (C=O) groups excluding carboxylic acids is 1.